The highest BCUT2D eigenvalue weighted by Crippen LogP contribution is 2.33. The van der Waals surface area contributed by atoms with Crippen molar-refractivity contribution in [3.8, 4) is 23.3 Å². The quantitative estimate of drug-likeness (QED) is 0.775. The van der Waals surface area contributed by atoms with E-state index in [0.29, 0.717) is 29.2 Å². The molecule has 1 heterocycles. The maximum absolute atomic E-state index is 11.1. The van der Waals surface area contributed by atoms with Crippen molar-refractivity contribution in [1.82, 2.24) is 10.2 Å². The highest BCUT2D eigenvalue weighted by atomic mass is 16.5. The van der Waals surface area contributed by atoms with Gasteiger partial charge in [0.1, 0.15) is 5.75 Å². The molecule has 0 aliphatic heterocycles. The number of nitrogens with zero attached hydrogens (tertiary/aromatic N) is 2. The van der Waals surface area contributed by atoms with Gasteiger partial charge in [0.2, 0.25) is 0 Å². The van der Waals surface area contributed by atoms with Crippen LogP contribution in [0.1, 0.15) is 16.8 Å². The second-order valence-corrected chi connectivity index (χ2v) is 5.32. The Bertz CT molecular complexity index is 969. The molecule has 0 radical (unpaired) electrons. The molecule has 0 saturated carbocycles. The average Bonchev–Trinajstić information content (AvgIpc) is 2.64. The molecule has 0 saturated heterocycles. The molecule has 25 heavy (non-hydrogen) atoms. The smallest absolute Gasteiger partial charge is 0.264 e. The summed E-state index contributed by atoms with van der Waals surface area (Å²) in [7, 11) is 1.57. The molecule has 3 aromatic rings. The van der Waals surface area contributed by atoms with Gasteiger partial charge >= 0.3 is 0 Å². The molecule has 0 atom stereocenters. The van der Waals surface area contributed by atoms with Gasteiger partial charge in [-0.05, 0) is 42.0 Å². The fourth-order valence-corrected chi connectivity index (χ4v) is 2.35. The molecule has 124 valence electrons. The standard InChI is InChI=1S/C19H15N3O3/c1-24-17-7-5-13(9-15-6-8-19(23)22-21-15)11-18(17)25-16-4-2-3-14(10-16)12-20/h2-8,10-11H,9H2,1H3,(H,22,23). The van der Waals surface area contributed by atoms with Crippen molar-refractivity contribution in [2.24, 2.45) is 0 Å². The van der Waals surface area contributed by atoms with E-state index in [2.05, 4.69) is 16.3 Å². The van der Waals surface area contributed by atoms with Gasteiger partial charge in [-0.2, -0.15) is 10.4 Å². The number of aromatic nitrogens is 2. The highest BCUT2D eigenvalue weighted by Gasteiger charge is 2.09. The number of aromatic amines is 1. The minimum Gasteiger partial charge on any atom is -0.493 e. The first kappa shape index (κ1) is 16.3. The number of H-pyrrole nitrogens is 1. The molecule has 3 rings (SSSR count). The Balaban J connectivity index is 1.88. The normalized spacial score (nSPS) is 10.1. The summed E-state index contributed by atoms with van der Waals surface area (Å²) in [5, 5.41) is 15.4. The van der Waals surface area contributed by atoms with Gasteiger partial charge in [0, 0.05) is 12.5 Å². The Morgan fingerprint density at radius 2 is 2.00 bits per heavy atom. The molecule has 2 aromatic carbocycles. The zero-order valence-corrected chi connectivity index (χ0v) is 13.5. The first-order valence-corrected chi connectivity index (χ1v) is 7.57. The van der Waals surface area contributed by atoms with Gasteiger partial charge in [0.05, 0.1) is 24.4 Å². The van der Waals surface area contributed by atoms with E-state index < -0.39 is 0 Å². The third kappa shape index (κ3) is 4.03. The van der Waals surface area contributed by atoms with Gasteiger partial charge < -0.3 is 9.47 Å². The minimum atomic E-state index is -0.236. The first-order chi connectivity index (χ1) is 12.2. The lowest BCUT2D eigenvalue weighted by molar-refractivity contribution is 0.378. The Morgan fingerprint density at radius 3 is 2.72 bits per heavy atom. The van der Waals surface area contributed by atoms with Crippen LogP contribution < -0.4 is 15.0 Å². The van der Waals surface area contributed by atoms with Crippen LogP contribution in [0.2, 0.25) is 0 Å². The maximum atomic E-state index is 11.1. The summed E-state index contributed by atoms with van der Waals surface area (Å²) >= 11 is 0. The summed E-state index contributed by atoms with van der Waals surface area (Å²) in [4.78, 5) is 11.1. The fraction of sp³-hybridized carbons (Fsp3) is 0.105. The van der Waals surface area contributed by atoms with Crippen LogP contribution in [-0.2, 0) is 6.42 Å². The molecule has 1 N–H and O–H groups in total. The number of ether oxygens (including phenoxy) is 2. The lowest BCUT2D eigenvalue weighted by Crippen LogP contribution is -2.07. The van der Waals surface area contributed by atoms with Crippen molar-refractivity contribution in [2.75, 3.05) is 7.11 Å². The maximum Gasteiger partial charge on any atom is 0.264 e. The minimum absolute atomic E-state index is 0.236. The second-order valence-electron chi connectivity index (χ2n) is 5.32. The Kier molecular flexibility index (Phi) is 4.77. The fourth-order valence-electron chi connectivity index (χ4n) is 2.35. The molecular formula is C19H15N3O3. The van der Waals surface area contributed by atoms with Crippen LogP contribution in [-0.4, -0.2) is 17.3 Å². The lowest BCUT2D eigenvalue weighted by atomic mass is 10.1. The first-order valence-electron chi connectivity index (χ1n) is 7.57. The third-order valence-electron chi connectivity index (χ3n) is 3.54. The van der Waals surface area contributed by atoms with Crippen LogP contribution in [0.5, 0.6) is 17.2 Å². The molecule has 0 aliphatic rings. The van der Waals surface area contributed by atoms with E-state index in [1.807, 2.05) is 18.2 Å². The van der Waals surface area contributed by atoms with Gasteiger partial charge in [-0.3, -0.25) is 4.79 Å². The summed E-state index contributed by atoms with van der Waals surface area (Å²) in [5.41, 5.74) is 1.97. The zero-order valence-electron chi connectivity index (χ0n) is 13.5. The molecule has 0 aliphatic carbocycles. The molecule has 6 nitrogen and oxygen atoms in total. The monoisotopic (exact) mass is 333 g/mol. The van der Waals surface area contributed by atoms with Gasteiger partial charge in [-0.25, -0.2) is 5.10 Å². The number of hydrogen-bond donors (Lipinski definition) is 1. The molecule has 0 unspecified atom stereocenters. The lowest BCUT2D eigenvalue weighted by Gasteiger charge is -2.12. The van der Waals surface area contributed by atoms with E-state index in [4.69, 9.17) is 14.7 Å². The highest BCUT2D eigenvalue weighted by molar-refractivity contribution is 5.47. The Labute approximate surface area is 144 Å². The third-order valence-corrected chi connectivity index (χ3v) is 3.54. The van der Waals surface area contributed by atoms with Gasteiger partial charge in [0.25, 0.3) is 5.56 Å². The van der Waals surface area contributed by atoms with E-state index in [9.17, 15) is 4.79 Å². The number of hydrogen-bond acceptors (Lipinski definition) is 5. The van der Waals surface area contributed by atoms with Crippen LogP contribution in [0.15, 0.2) is 59.4 Å². The SMILES string of the molecule is COc1ccc(Cc2ccc(=O)[nH]n2)cc1Oc1cccc(C#N)c1. The molecule has 1 aromatic heterocycles. The zero-order chi connectivity index (χ0) is 17.6. The van der Waals surface area contributed by atoms with Gasteiger partial charge in [-0.1, -0.05) is 12.1 Å². The van der Waals surface area contributed by atoms with E-state index in [1.165, 1.54) is 6.07 Å². The molecular weight excluding hydrogens is 318 g/mol. The van der Waals surface area contributed by atoms with E-state index >= 15 is 0 Å². The van der Waals surface area contributed by atoms with Crippen molar-refractivity contribution in [3.05, 3.63) is 81.8 Å². The number of methoxy groups -OCH3 is 1. The van der Waals surface area contributed by atoms with Crippen LogP contribution in [0.25, 0.3) is 0 Å². The second kappa shape index (κ2) is 7.32. The Hall–Kier alpha value is -3.59. The van der Waals surface area contributed by atoms with E-state index in [0.717, 1.165) is 11.3 Å². The van der Waals surface area contributed by atoms with Crippen molar-refractivity contribution in [1.29, 1.82) is 5.26 Å². The molecule has 0 amide bonds. The molecule has 0 spiro atoms. The van der Waals surface area contributed by atoms with E-state index in [-0.39, 0.29) is 5.56 Å². The van der Waals surface area contributed by atoms with Crippen LogP contribution in [0, 0.1) is 11.3 Å². The predicted molar refractivity (Wildman–Crippen MR) is 91.9 cm³/mol. The van der Waals surface area contributed by atoms with Crippen molar-refractivity contribution in [3.63, 3.8) is 0 Å². The van der Waals surface area contributed by atoms with Gasteiger partial charge in [0.15, 0.2) is 11.5 Å². The number of nitrogens with one attached hydrogen (secondary N) is 1. The summed E-state index contributed by atoms with van der Waals surface area (Å²) in [6, 6.07) is 17.7. The van der Waals surface area contributed by atoms with Crippen molar-refractivity contribution in [2.45, 2.75) is 6.42 Å². The Morgan fingerprint density at radius 1 is 1.12 bits per heavy atom. The summed E-state index contributed by atoms with van der Waals surface area (Å²) in [6.07, 6.45) is 0.537. The van der Waals surface area contributed by atoms with Crippen LogP contribution >= 0.6 is 0 Å². The van der Waals surface area contributed by atoms with Crippen molar-refractivity contribution >= 4 is 0 Å². The van der Waals surface area contributed by atoms with Crippen molar-refractivity contribution < 1.29 is 9.47 Å². The largest absolute Gasteiger partial charge is 0.493 e. The molecule has 6 heteroatoms. The van der Waals surface area contributed by atoms with Gasteiger partial charge in [-0.15, -0.1) is 0 Å². The predicted octanol–water partition coefficient (Wildman–Crippen LogP) is 3.03. The number of benzene rings is 2. The van der Waals surface area contributed by atoms with Crippen LogP contribution in [0.4, 0.5) is 0 Å². The average molecular weight is 333 g/mol. The number of nitriles is 1. The number of rotatable bonds is 5. The summed E-state index contributed by atoms with van der Waals surface area (Å²) in [5.74, 6) is 1.68. The topological polar surface area (TPSA) is 88.0 Å². The summed E-state index contributed by atoms with van der Waals surface area (Å²) in [6.45, 7) is 0. The molecule has 0 fully saturated rings. The molecule has 0 bridgehead atoms. The summed E-state index contributed by atoms with van der Waals surface area (Å²) < 4.78 is 11.2. The van der Waals surface area contributed by atoms with Crippen LogP contribution in [0.3, 0.4) is 0 Å². The van der Waals surface area contributed by atoms with E-state index in [1.54, 1.807) is 37.4 Å².